The summed E-state index contributed by atoms with van der Waals surface area (Å²) in [5.41, 5.74) is 0.760. The van der Waals surface area contributed by atoms with Gasteiger partial charge in [-0.2, -0.15) is 0 Å². The van der Waals surface area contributed by atoms with Gasteiger partial charge in [-0.3, -0.25) is 19.2 Å². The number of fused-ring (bicyclic) bond motifs is 1. The van der Waals surface area contributed by atoms with Crippen LogP contribution in [-0.4, -0.2) is 109 Å². The summed E-state index contributed by atoms with van der Waals surface area (Å²) < 4.78 is 17.4. The molecule has 2 fully saturated rings. The van der Waals surface area contributed by atoms with Crippen molar-refractivity contribution in [2.45, 2.75) is 147 Å². The molecule has 344 valence electrons. The highest BCUT2D eigenvalue weighted by atomic mass is 32.2. The Hall–Kier alpha value is -4.14. The number of unbranched alkanes of at least 4 members (excludes halogenated alkanes) is 9. The Bertz CT molecular complexity index is 1680. The third-order valence-corrected chi connectivity index (χ3v) is 12.6. The molecule has 2 aliphatic heterocycles. The van der Waals surface area contributed by atoms with Crippen LogP contribution in [0.2, 0.25) is 0 Å². The number of carbonyl (C=O) groups excluding carboxylic acids is 5. The molecule has 4 rings (SSSR count). The minimum atomic E-state index is -0.820. The molecule has 0 saturated carbocycles. The number of hydrogen-bond donors (Lipinski definition) is 3. The maximum absolute atomic E-state index is 14.3. The Morgan fingerprint density at radius 3 is 1.89 bits per heavy atom. The second kappa shape index (κ2) is 25.8. The van der Waals surface area contributed by atoms with E-state index in [2.05, 4.69) is 16.0 Å². The van der Waals surface area contributed by atoms with E-state index in [4.69, 9.17) is 14.2 Å². The summed E-state index contributed by atoms with van der Waals surface area (Å²) >= 11 is 1.64. The predicted molar refractivity (Wildman–Crippen MR) is 244 cm³/mol. The molecular formula is C48H73N5O8S. The Morgan fingerprint density at radius 2 is 1.35 bits per heavy atom. The van der Waals surface area contributed by atoms with Crippen LogP contribution in [0, 0.1) is 5.41 Å². The number of nitrogens with one attached hydrogen (secondary N) is 3. The third-order valence-electron chi connectivity index (χ3n) is 11.4. The fraction of sp³-hybridized carbons (Fsp3) is 0.646. The number of hydrogen-bond acceptors (Lipinski definition) is 9. The van der Waals surface area contributed by atoms with E-state index in [1.807, 2.05) is 74.5 Å². The molecule has 2 aliphatic rings. The largest absolute Gasteiger partial charge is 0.444 e. The van der Waals surface area contributed by atoms with Gasteiger partial charge in [-0.15, -0.1) is 11.8 Å². The first-order valence-electron chi connectivity index (χ1n) is 22.6. The molecule has 62 heavy (non-hydrogen) atoms. The molecule has 2 heterocycles. The van der Waals surface area contributed by atoms with Gasteiger partial charge >= 0.3 is 6.09 Å². The van der Waals surface area contributed by atoms with E-state index in [-0.39, 0.29) is 29.8 Å². The zero-order valence-electron chi connectivity index (χ0n) is 38.0. The van der Waals surface area contributed by atoms with Crippen LogP contribution >= 0.6 is 11.8 Å². The van der Waals surface area contributed by atoms with Gasteiger partial charge in [-0.1, -0.05) is 126 Å². The second-order valence-electron chi connectivity index (χ2n) is 18.3. The number of thioether (sulfide) groups is 1. The first-order chi connectivity index (χ1) is 29.7. The van der Waals surface area contributed by atoms with Gasteiger partial charge in [0.1, 0.15) is 24.2 Å². The maximum Gasteiger partial charge on any atom is 0.410 e. The van der Waals surface area contributed by atoms with Crippen LogP contribution in [0.1, 0.15) is 135 Å². The summed E-state index contributed by atoms with van der Waals surface area (Å²) in [7, 11) is 1.48. The molecule has 0 spiro atoms. The average Bonchev–Trinajstić information content (AvgIpc) is 3.43. The van der Waals surface area contributed by atoms with Crippen LogP contribution in [0.15, 0.2) is 60.7 Å². The Kier molecular flexibility index (Phi) is 21.1. The van der Waals surface area contributed by atoms with Gasteiger partial charge in [0, 0.05) is 20.3 Å². The van der Waals surface area contributed by atoms with Crippen LogP contribution in [0.3, 0.4) is 0 Å². The van der Waals surface area contributed by atoms with Crippen LogP contribution in [-0.2, 0) is 33.4 Å². The zero-order valence-corrected chi connectivity index (χ0v) is 38.9. The fourth-order valence-corrected chi connectivity index (χ4v) is 9.68. The van der Waals surface area contributed by atoms with Gasteiger partial charge in [-0.05, 0) is 68.7 Å². The highest BCUT2D eigenvalue weighted by Gasteiger charge is 2.54. The average molecular weight is 880 g/mol. The molecule has 0 unspecified atom stereocenters. The highest BCUT2D eigenvalue weighted by molar-refractivity contribution is 7.99. The summed E-state index contributed by atoms with van der Waals surface area (Å²) in [6, 6.07) is 17.6. The van der Waals surface area contributed by atoms with Crippen molar-refractivity contribution in [2.75, 3.05) is 45.8 Å². The molecule has 0 radical (unpaired) electrons. The van der Waals surface area contributed by atoms with Crippen molar-refractivity contribution in [1.82, 2.24) is 25.8 Å². The highest BCUT2D eigenvalue weighted by Crippen LogP contribution is 2.46. The van der Waals surface area contributed by atoms with Crippen molar-refractivity contribution in [1.29, 1.82) is 0 Å². The van der Waals surface area contributed by atoms with Crippen LogP contribution in [0.5, 0.6) is 0 Å². The van der Waals surface area contributed by atoms with E-state index in [1.54, 1.807) is 37.4 Å². The Morgan fingerprint density at radius 1 is 0.839 bits per heavy atom. The Labute approximate surface area is 374 Å². The molecule has 2 saturated heterocycles. The fourth-order valence-electron chi connectivity index (χ4n) is 8.10. The van der Waals surface area contributed by atoms with E-state index >= 15 is 0 Å². The molecule has 13 nitrogen and oxygen atoms in total. The summed E-state index contributed by atoms with van der Waals surface area (Å²) in [5.74, 6) is -0.352. The summed E-state index contributed by atoms with van der Waals surface area (Å²) in [4.78, 5) is 68.0. The molecule has 0 aromatic heterocycles. The van der Waals surface area contributed by atoms with Crippen molar-refractivity contribution >= 4 is 42.0 Å². The lowest BCUT2D eigenvalue weighted by Gasteiger charge is -2.35. The molecule has 2 aromatic rings. The molecule has 0 bridgehead atoms. The number of ether oxygens (including phenoxy) is 3. The maximum atomic E-state index is 14.3. The molecular weight excluding hydrogens is 807 g/mol. The van der Waals surface area contributed by atoms with Crippen LogP contribution < -0.4 is 16.0 Å². The SMILES string of the molecule is CN(CC(=O)N[C@H]1CCS[C@H]2CC(C)(C)[C@@H](C(=O)N[C@H](COCCCCCCCCCCCCOC[C@@H](NC=O)c3ccccc3)c3ccccc3)N2C1=O)C(=O)OC(C)(C)C. The van der Waals surface area contributed by atoms with E-state index in [9.17, 15) is 24.0 Å². The van der Waals surface area contributed by atoms with E-state index in [0.29, 0.717) is 45.0 Å². The first-order valence-corrected chi connectivity index (χ1v) is 23.7. The van der Waals surface area contributed by atoms with E-state index in [1.165, 1.54) is 44.1 Å². The zero-order chi connectivity index (χ0) is 45.0. The lowest BCUT2D eigenvalue weighted by Crippen LogP contribution is -2.57. The summed E-state index contributed by atoms with van der Waals surface area (Å²) in [6.45, 7) is 11.1. The predicted octanol–water partition coefficient (Wildman–Crippen LogP) is 7.71. The van der Waals surface area contributed by atoms with Gasteiger partial charge in [-0.25, -0.2) is 4.79 Å². The van der Waals surface area contributed by atoms with Crippen molar-refractivity contribution in [3.8, 4) is 0 Å². The number of amides is 5. The molecule has 5 amide bonds. The minimum Gasteiger partial charge on any atom is -0.444 e. The number of rotatable bonds is 26. The normalized spacial score (nSPS) is 19.4. The van der Waals surface area contributed by atoms with Crippen molar-refractivity contribution in [3.63, 3.8) is 0 Å². The van der Waals surface area contributed by atoms with Crippen molar-refractivity contribution < 1.29 is 38.2 Å². The van der Waals surface area contributed by atoms with Crippen molar-refractivity contribution in [2.24, 2.45) is 5.41 Å². The summed E-state index contributed by atoms with van der Waals surface area (Å²) in [5, 5.41) is 8.74. The number of benzene rings is 2. The van der Waals surface area contributed by atoms with Gasteiger partial charge in [0.05, 0.1) is 30.7 Å². The van der Waals surface area contributed by atoms with Gasteiger partial charge in [0.15, 0.2) is 0 Å². The van der Waals surface area contributed by atoms with Crippen molar-refractivity contribution in [3.05, 3.63) is 71.8 Å². The molecule has 3 N–H and O–H groups in total. The number of likely N-dealkylation sites (N-methyl/N-ethyl adjacent to an activating group) is 1. The smallest absolute Gasteiger partial charge is 0.410 e. The van der Waals surface area contributed by atoms with Crippen LogP contribution in [0.25, 0.3) is 0 Å². The van der Waals surface area contributed by atoms with E-state index in [0.717, 1.165) is 49.6 Å². The third kappa shape index (κ3) is 16.9. The second-order valence-corrected chi connectivity index (χ2v) is 19.6. The standard InChI is InChI=1S/C48H73N5O8S/c1-47(2,3)61-46(58)52(6)32-41(55)50-38-27-30-62-42-31-48(4,5)43(53(42)45(38)57)44(56)51-40(37-25-19-16-20-26-37)34-60-29-22-14-12-10-8-7-9-11-13-21-28-59-33-39(49-35-54)36-23-17-15-18-24-36/h15-20,23-26,35,38-40,42-43H,7-14,21-22,27-34H2,1-6H3,(H,49,54)(H,50,55)(H,51,56)/t38-,39+,40+,42-,43+/m0/s1. The lowest BCUT2D eigenvalue weighted by molar-refractivity contribution is -0.144. The topological polar surface area (TPSA) is 156 Å². The molecule has 14 heteroatoms. The molecule has 5 atom stereocenters. The first kappa shape index (κ1) is 50.5. The number of nitrogens with zero attached hydrogens (tertiary/aromatic N) is 2. The molecule has 2 aromatic carbocycles. The van der Waals surface area contributed by atoms with Gasteiger partial charge < -0.3 is 40.0 Å². The van der Waals surface area contributed by atoms with Crippen LogP contribution in [0.4, 0.5) is 4.79 Å². The molecule has 0 aliphatic carbocycles. The quantitative estimate of drug-likeness (QED) is 0.0637. The summed E-state index contributed by atoms with van der Waals surface area (Å²) in [6.07, 6.45) is 12.6. The van der Waals surface area contributed by atoms with Gasteiger partial charge in [0.2, 0.25) is 24.1 Å². The lowest BCUT2D eigenvalue weighted by atomic mass is 9.83. The number of carbonyl (C=O) groups is 5. The van der Waals surface area contributed by atoms with E-state index < -0.39 is 41.1 Å². The minimum absolute atomic E-state index is 0.121. The monoisotopic (exact) mass is 880 g/mol. The Balaban J connectivity index is 1.16. The van der Waals surface area contributed by atoms with Gasteiger partial charge in [0.25, 0.3) is 0 Å².